The van der Waals surface area contributed by atoms with E-state index in [1.807, 2.05) is 0 Å². The van der Waals surface area contributed by atoms with Gasteiger partial charge in [0.2, 0.25) is 0 Å². The maximum Gasteiger partial charge on any atom is 0.306 e. The molecule has 0 aromatic heterocycles. The molecular weight excluding hydrogens is 813 g/mol. The second-order valence-corrected chi connectivity index (χ2v) is 19.2. The molecule has 0 bridgehead atoms. The van der Waals surface area contributed by atoms with Crippen molar-refractivity contribution in [2.45, 2.75) is 297 Å². The second-order valence-electron chi connectivity index (χ2n) is 19.2. The molecule has 0 heterocycles. The molecule has 0 spiro atoms. The molecule has 1 atom stereocenters. The average Bonchev–Trinajstić information content (AvgIpc) is 3.32. The van der Waals surface area contributed by atoms with E-state index >= 15 is 0 Å². The molecule has 5 nitrogen and oxygen atoms in total. The summed E-state index contributed by atoms with van der Waals surface area (Å²) in [6.07, 6.45) is 72.3. The molecule has 5 heteroatoms. The third kappa shape index (κ3) is 54.2. The lowest BCUT2D eigenvalue weighted by Crippen LogP contribution is -2.30. The highest BCUT2D eigenvalue weighted by molar-refractivity contribution is 5.70. The first kappa shape index (κ1) is 63.6. The number of hydrogen-bond acceptors (Lipinski definition) is 5. The standard InChI is InChI=1S/C61H110O5/c1-4-7-10-13-16-19-22-25-28-31-33-36-39-42-45-48-51-54-60(62)65-58-59(57-64-56-53-50-47-44-41-38-35-30-27-24-21-18-15-12-9-6-3)66-61(63)55-52-49-46-43-40-37-34-32-29-26-23-20-17-14-11-8-5-2/h7,10,16-17,19-20,25-26,28-29,59H,4-6,8-9,11-15,18,21-24,27,30-58H2,1-3H3/b10-7-,19-16-,20-17-,28-25-,29-26-. The zero-order chi connectivity index (χ0) is 47.7. The van der Waals surface area contributed by atoms with E-state index in [4.69, 9.17) is 14.2 Å². The molecule has 0 radical (unpaired) electrons. The van der Waals surface area contributed by atoms with E-state index in [9.17, 15) is 9.59 Å². The quantitative estimate of drug-likeness (QED) is 0.0346. The van der Waals surface area contributed by atoms with E-state index in [0.717, 1.165) is 77.0 Å². The Bertz CT molecular complexity index is 1130. The molecule has 0 amide bonds. The third-order valence-corrected chi connectivity index (χ3v) is 12.5. The maximum atomic E-state index is 12.9. The Morgan fingerprint density at radius 3 is 1.12 bits per heavy atom. The number of esters is 2. The first-order valence-electron chi connectivity index (χ1n) is 28.8. The van der Waals surface area contributed by atoms with Gasteiger partial charge in [0.05, 0.1) is 6.61 Å². The number of carbonyl (C=O) groups excluding carboxylic acids is 2. The van der Waals surface area contributed by atoms with Crippen LogP contribution in [-0.4, -0.2) is 37.9 Å². The van der Waals surface area contributed by atoms with Crippen molar-refractivity contribution in [3.8, 4) is 0 Å². The number of allylic oxidation sites excluding steroid dienone is 10. The van der Waals surface area contributed by atoms with Crippen LogP contribution in [0.25, 0.3) is 0 Å². The van der Waals surface area contributed by atoms with E-state index in [1.54, 1.807) is 0 Å². The number of ether oxygens (including phenoxy) is 3. The lowest BCUT2D eigenvalue weighted by Gasteiger charge is -2.18. The molecule has 0 saturated heterocycles. The van der Waals surface area contributed by atoms with Gasteiger partial charge in [-0.05, 0) is 83.5 Å². The van der Waals surface area contributed by atoms with Gasteiger partial charge in [-0.2, -0.15) is 0 Å². The lowest BCUT2D eigenvalue weighted by atomic mass is 10.0. The Balaban J connectivity index is 4.28. The van der Waals surface area contributed by atoms with Gasteiger partial charge in [-0.1, -0.05) is 255 Å². The molecule has 0 rings (SSSR count). The summed E-state index contributed by atoms with van der Waals surface area (Å²) in [5.74, 6) is -0.405. The van der Waals surface area contributed by atoms with Crippen molar-refractivity contribution in [1.82, 2.24) is 0 Å². The Morgan fingerprint density at radius 1 is 0.348 bits per heavy atom. The molecule has 384 valence electrons. The highest BCUT2D eigenvalue weighted by Crippen LogP contribution is 2.16. The monoisotopic (exact) mass is 923 g/mol. The van der Waals surface area contributed by atoms with Crippen LogP contribution in [0.1, 0.15) is 290 Å². The molecular formula is C61H110O5. The number of unbranched alkanes of at least 4 members (excludes halogenated alkanes) is 32. The fourth-order valence-corrected chi connectivity index (χ4v) is 8.26. The molecule has 0 N–H and O–H groups in total. The van der Waals surface area contributed by atoms with E-state index in [0.29, 0.717) is 19.4 Å². The number of rotatable bonds is 53. The van der Waals surface area contributed by atoms with Crippen LogP contribution in [0.2, 0.25) is 0 Å². The van der Waals surface area contributed by atoms with Gasteiger partial charge in [-0.25, -0.2) is 0 Å². The topological polar surface area (TPSA) is 61.8 Å². The summed E-state index contributed by atoms with van der Waals surface area (Å²) in [5.41, 5.74) is 0. The van der Waals surface area contributed by atoms with E-state index in [-0.39, 0.29) is 25.2 Å². The van der Waals surface area contributed by atoms with Gasteiger partial charge in [0.15, 0.2) is 6.10 Å². The largest absolute Gasteiger partial charge is 0.462 e. The summed E-state index contributed by atoms with van der Waals surface area (Å²) in [6.45, 7) is 7.72. The summed E-state index contributed by atoms with van der Waals surface area (Å²) in [4.78, 5) is 25.5. The Morgan fingerprint density at radius 2 is 0.682 bits per heavy atom. The Kier molecular flexibility index (Phi) is 54.9. The van der Waals surface area contributed by atoms with E-state index < -0.39 is 6.10 Å². The van der Waals surface area contributed by atoms with Crippen LogP contribution in [0.3, 0.4) is 0 Å². The van der Waals surface area contributed by atoms with Gasteiger partial charge in [-0.3, -0.25) is 9.59 Å². The minimum atomic E-state index is -0.544. The van der Waals surface area contributed by atoms with Crippen molar-refractivity contribution in [2.75, 3.05) is 19.8 Å². The molecule has 66 heavy (non-hydrogen) atoms. The first-order chi connectivity index (χ1) is 32.6. The first-order valence-corrected chi connectivity index (χ1v) is 28.8. The predicted molar refractivity (Wildman–Crippen MR) is 288 cm³/mol. The summed E-state index contributed by atoms with van der Waals surface area (Å²) >= 11 is 0. The van der Waals surface area contributed by atoms with Gasteiger partial charge >= 0.3 is 11.9 Å². The van der Waals surface area contributed by atoms with Crippen LogP contribution in [-0.2, 0) is 23.8 Å². The number of hydrogen-bond donors (Lipinski definition) is 0. The summed E-state index contributed by atoms with van der Waals surface area (Å²) in [7, 11) is 0. The third-order valence-electron chi connectivity index (χ3n) is 12.5. The van der Waals surface area contributed by atoms with Crippen LogP contribution in [0.5, 0.6) is 0 Å². The fourth-order valence-electron chi connectivity index (χ4n) is 8.26. The normalized spacial score (nSPS) is 12.6. The van der Waals surface area contributed by atoms with Crippen LogP contribution in [0.4, 0.5) is 0 Å². The molecule has 0 aromatic rings. The van der Waals surface area contributed by atoms with Crippen molar-refractivity contribution < 1.29 is 23.8 Å². The van der Waals surface area contributed by atoms with Crippen molar-refractivity contribution in [3.63, 3.8) is 0 Å². The zero-order valence-corrected chi connectivity index (χ0v) is 44.2. The summed E-state index contributed by atoms with van der Waals surface area (Å²) < 4.78 is 17.5. The van der Waals surface area contributed by atoms with Crippen LogP contribution in [0.15, 0.2) is 60.8 Å². The van der Waals surface area contributed by atoms with Gasteiger partial charge in [0, 0.05) is 19.4 Å². The van der Waals surface area contributed by atoms with Crippen LogP contribution >= 0.6 is 0 Å². The minimum absolute atomic E-state index is 0.0789. The van der Waals surface area contributed by atoms with Crippen LogP contribution in [0, 0.1) is 0 Å². The van der Waals surface area contributed by atoms with Gasteiger partial charge in [-0.15, -0.1) is 0 Å². The van der Waals surface area contributed by atoms with Crippen molar-refractivity contribution in [2.24, 2.45) is 0 Å². The fraction of sp³-hybridized carbons (Fsp3) is 0.803. The molecule has 1 unspecified atom stereocenters. The molecule has 0 saturated carbocycles. The van der Waals surface area contributed by atoms with Crippen LogP contribution < -0.4 is 0 Å². The zero-order valence-electron chi connectivity index (χ0n) is 44.2. The maximum absolute atomic E-state index is 12.9. The average molecular weight is 924 g/mol. The molecule has 0 aliphatic rings. The second kappa shape index (κ2) is 56.9. The smallest absolute Gasteiger partial charge is 0.306 e. The lowest BCUT2D eigenvalue weighted by molar-refractivity contribution is -0.163. The van der Waals surface area contributed by atoms with E-state index in [2.05, 4.69) is 81.5 Å². The van der Waals surface area contributed by atoms with Crippen molar-refractivity contribution >= 4 is 11.9 Å². The van der Waals surface area contributed by atoms with Crippen molar-refractivity contribution in [1.29, 1.82) is 0 Å². The molecule has 0 aromatic carbocycles. The summed E-state index contributed by atoms with van der Waals surface area (Å²) in [5, 5.41) is 0. The SMILES string of the molecule is CC/C=C\C/C=C\C/C=C\CCCCCCCCCC(=O)OCC(COCCCCCCCCCCCCCCCCCC)OC(=O)CCCCCCCCC/C=C\C/C=C\CCCCC. The van der Waals surface area contributed by atoms with E-state index in [1.165, 1.54) is 180 Å². The predicted octanol–water partition coefficient (Wildman–Crippen LogP) is 19.7. The summed E-state index contributed by atoms with van der Waals surface area (Å²) in [6, 6.07) is 0. The molecule has 0 aliphatic heterocycles. The number of carbonyl (C=O) groups is 2. The van der Waals surface area contributed by atoms with Gasteiger partial charge in [0.1, 0.15) is 6.61 Å². The minimum Gasteiger partial charge on any atom is -0.462 e. The van der Waals surface area contributed by atoms with Gasteiger partial charge < -0.3 is 14.2 Å². The Labute approximate surface area is 411 Å². The van der Waals surface area contributed by atoms with Crippen molar-refractivity contribution in [3.05, 3.63) is 60.8 Å². The van der Waals surface area contributed by atoms with Gasteiger partial charge in [0.25, 0.3) is 0 Å². The highest BCUT2D eigenvalue weighted by Gasteiger charge is 2.17. The highest BCUT2D eigenvalue weighted by atomic mass is 16.6. The molecule has 0 aliphatic carbocycles. The molecule has 0 fully saturated rings. The Hall–Kier alpha value is -2.40.